The van der Waals surface area contributed by atoms with E-state index in [2.05, 4.69) is 70.8 Å². The van der Waals surface area contributed by atoms with Crippen molar-refractivity contribution in [3.63, 3.8) is 0 Å². The van der Waals surface area contributed by atoms with Crippen LogP contribution in [0.2, 0.25) is 0 Å². The maximum Gasteiger partial charge on any atom is 0.208 e. The molecule has 1 atom stereocenters. The van der Waals surface area contributed by atoms with Crippen LogP contribution in [-0.4, -0.2) is 23.7 Å². The second-order valence-corrected chi connectivity index (χ2v) is 7.10. The molecule has 0 amide bonds. The van der Waals surface area contributed by atoms with Gasteiger partial charge in [0.15, 0.2) is 0 Å². The van der Waals surface area contributed by atoms with Crippen LogP contribution in [0.15, 0.2) is 59.5 Å². The first-order valence-electron chi connectivity index (χ1n) is 8.58. The number of hydrogen-bond acceptors (Lipinski definition) is 3. The summed E-state index contributed by atoms with van der Waals surface area (Å²) >= 11 is 1.74. The Morgan fingerprint density at radius 2 is 1.88 bits per heavy atom. The highest BCUT2D eigenvalue weighted by Crippen LogP contribution is 2.44. The number of fused-ring (bicyclic) bond motifs is 3. The first kappa shape index (κ1) is 18.2. The van der Waals surface area contributed by atoms with Gasteiger partial charge in [-0.15, -0.1) is 12.4 Å². The van der Waals surface area contributed by atoms with Crippen molar-refractivity contribution in [2.24, 2.45) is 0 Å². The van der Waals surface area contributed by atoms with Gasteiger partial charge in [0.1, 0.15) is 0 Å². The monoisotopic (exact) mass is 374 g/mol. The molecule has 1 unspecified atom stereocenters. The number of halogens is 1. The van der Waals surface area contributed by atoms with E-state index in [1.807, 2.05) is 0 Å². The molecule has 0 spiro atoms. The molecule has 3 nitrogen and oxygen atoms in total. The zero-order valence-electron chi connectivity index (χ0n) is 14.3. The van der Waals surface area contributed by atoms with Crippen molar-refractivity contribution in [3.05, 3.63) is 60.2 Å². The molecule has 4 rings (SSSR count). The van der Waals surface area contributed by atoms with Crippen LogP contribution in [0.4, 0.5) is 0 Å². The molecule has 0 radical (unpaired) electrons. The third-order valence-electron chi connectivity index (χ3n) is 4.52. The number of para-hydroxylation sites is 1. The lowest BCUT2D eigenvalue weighted by atomic mass is 9.93. The molecule has 132 valence electrons. The molecule has 2 aromatic carbocycles. The summed E-state index contributed by atoms with van der Waals surface area (Å²) in [6, 6.07) is 19.1. The Morgan fingerprint density at radius 1 is 1.12 bits per heavy atom. The lowest BCUT2D eigenvalue weighted by Gasteiger charge is -2.24. The van der Waals surface area contributed by atoms with Gasteiger partial charge in [-0.3, -0.25) is 0 Å². The summed E-state index contributed by atoms with van der Waals surface area (Å²) in [5.74, 6) is 1.54. The predicted octanol–water partition coefficient (Wildman–Crippen LogP) is 5.09. The minimum Gasteiger partial charge on any atom is -0.478 e. The number of likely N-dealkylation sites (N-methyl/N-ethyl adjacent to an activating group) is 1. The zero-order chi connectivity index (χ0) is 16.4. The van der Waals surface area contributed by atoms with Crippen LogP contribution in [0.3, 0.4) is 0 Å². The van der Waals surface area contributed by atoms with Crippen LogP contribution >= 0.6 is 24.4 Å². The topological polar surface area (TPSA) is 26.2 Å². The number of rotatable bonds is 5. The minimum absolute atomic E-state index is 0. The second kappa shape index (κ2) is 8.17. The van der Waals surface area contributed by atoms with Crippen molar-refractivity contribution in [1.29, 1.82) is 0 Å². The molecular weight excluding hydrogens is 352 g/mol. The van der Waals surface area contributed by atoms with Crippen molar-refractivity contribution in [3.8, 4) is 5.88 Å². The van der Waals surface area contributed by atoms with Crippen LogP contribution in [0, 0.1) is 0 Å². The Bertz CT molecular complexity index is 834. The van der Waals surface area contributed by atoms with Gasteiger partial charge in [-0.05, 0) is 43.1 Å². The maximum atomic E-state index is 6.14. The molecule has 0 fully saturated rings. The van der Waals surface area contributed by atoms with Gasteiger partial charge in [0.25, 0.3) is 0 Å². The molecule has 1 N–H and O–H groups in total. The van der Waals surface area contributed by atoms with Crippen molar-refractivity contribution in [2.75, 3.05) is 19.7 Å². The minimum atomic E-state index is 0. The largest absolute Gasteiger partial charge is 0.478 e. The van der Waals surface area contributed by atoms with E-state index in [0.29, 0.717) is 5.92 Å². The summed E-state index contributed by atoms with van der Waals surface area (Å²) in [5, 5.41) is 4.83. The molecule has 0 saturated heterocycles. The highest BCUT2D eigenvalue weighted by molar-refractivity contribution is 7.98. The van der Waals surface area contributed by atoms with Crippen molar-refractivity contribution < 1.29 is 4.74 Å². The standard InChI is InChI=1S/C20H22N2OS.ClH/c1-2-21-14-15-12-13-23-20-19(15)17-10-6-7-11-18(17)22(20)24-16-8-4-3-5-9-16;/h3-11,15,21H,2,12-14H2,1H3;1H. The van der Waals surface area contributed by atoms with Crippen LogP contribution in [0.25, 0.3) is 10.9 Å². The Kier molecular flexibility index (Phi) is 5.94. The molecule has 25 heavy (non-hydrogen) atoms. The fourth-order valence-corrected chi connectivity index (χ4v) is 4.37. The van der Waals surface area contributed by atoms with Crippen LogP contribution in [0.5, 0.6) is 5.88 Å². The number of aromatic nitrogens is 1. The molecule has 1 aliphatic rings. The Labute approximate surface area is 159 Å². The third kappa shape index (κ3) is 3.52. The average molecular weight is 375 g/mol. The van der Waals surface area contributed by atoms with Crippen LogP contribution < -0.4 is 10.1 Å². The van der Waals surface area contributed by atoms with E-state index in [1.165, 1.54) is 21.4 Å². The van der Waals surface area contributed by atoms with E-state index >= 15 is 0 Å². The summed E-state index contributed by atoms with van der Waals surface area (Å²) in [6.07, 6.45) is 1.07. The number of hydrogen-bond donors (Lipinski definition) is 1. The Balaban J connectivity index is 0.00000182. The molecule has 3 aromatic rings. The fourth-order valence-electron chi connectivity index (χ4n) is 3.39. The van der Waals surface area contributed by atoms with E-state index in [1.54, 1.807) is 11.9 Å². The summed E-state index contributed by atoms with van der Waals surface area (Å²) in [4.78, 5) is 1.22. The van der Waals surface area contributed by atoms with Gasteiger partial charge in [0, 0.05) is 28.3 Å². The van der Waals surface area contributed by atoms with E-state index in [9.17, 15) is 0 Å². The summed E-state index contributed by atoms with van der Waals surface area (Å²) in [5.41, 5.74) is 2.60. The molecule has 0 bridgehead atoms. The zero-order valence-corrected chi connectivity index (χ0v) is 15.9. The van der Waals surface area contributed by atoms with Crippen molar-refractivity contribution in [2.45, 2.75) is 24.2 Å². The molecule has 1 aromatic heterocycles. The van der Waals surface area contributed by atoms with E-state index in [-0.39, 0.29) is 12.4 Å². The molecule has 0 saturated carbocycles. The summed E-state index contributed by atoms with van der Waals surface area (Å²) in [7, 11) is 0. The average Bonchev–Trinajstić information content (AvgIpc) is 2.96. The van der Waals surface area contributed by atoms with E-state index < -0.39 is 0 Å². The first-order valence-corrected chi connectivity index (χ1v) is 9.36. The Hall–Kier alpha value is -1.62. The number of benzene rings is 2. The number of ether oxygens (including phenoxy) is 1. The van der Waals surface area contributed by atoms with Gasteiger partial charge in [0.05, 0.1) is 12.1 Å². The third-order valence-corrected chi connectivity index (χ3v) is 5.55. The highest BCUT2D eigenvalue weighted by atomic mass is 35.5. The molecule has 2 heterocycles. The molecular formula is C20H23ClN2OS. The van der Waals surface area contributed by atoms with Gasteiger partial charge < -0.3 is 10.1 Å². The predicted molar refractivity (Wildman–Crippen MR) is 108 cm³/mol. The quantitative estimate of drug-likeness (QED) is 0.673. The van der Waals surface area contributed by atoms with E-state index in [0.717, 1.165) is 32.0 Å². The maximum absolute atomic E-state index is 6.14. The second-order valence-electron chi connectivity index (χ2n) is 6.08. The van der Waals surface area contributed by atoms with Crippen molar-refractivity contribution >= 4 is 35.3 Å². The smallest absolute Gasteiger partial charge is 0.208 e. The number of nitrogens with one attached hydrogen (secondary N) is 1. The number of nitrogens with zero attached hydrogens (tertiary/aromatic N) is 1. The van der Waals surface area contributed by atoms with Crippen LogP contribution in [-0.2, 0) is 0 Å². The molecule has 5 heteroatoms. The Morgan fingerprint density at radius 3 is 2.68 bits per heavy atom. The lowest BCUT2D eigenvalue weighted by molar-refractivity contribution is 0.256. The van der Waals surface area contributed by atoms with Gasteiger partial charge in [0.2, 0.25) is 5.88 Å². The highest BCUT2D eigenvalue weighted by Gasteiger charge is 2.29. The fraction of sp³-hybridized carbons (Fsp3) is 0.300. The van der Waals surface area contributed by atoms with Crippen LogP contribution in [0.1, 0.15) is 24.8 Å². The lowest BCUT2D eigenvalue weighted by Crippen LogP contribution is -2.25. The molecule has 0 aliphatic carbocycles. The summed E-state index contributed by atoms with van der Waals surface area (Å²) in [6.45, 7) is 4.96. The summed E-state index contributed by atoms with van der Waals surface area (Å²) < 4.78 is 8.40. The van der Waals surface area contributed by atoms with Gasteiger partial charge in [-0.2, -0.15) is 0 Å². The van der Waals surface area contributed by atoms with Gasteiger partial charge in [-0.25, -0.2) is 3.97 Å². The van der Waals surface area contributed by atoms with Crippen molar-refractivity contribution in [1.82, 2.24) is 9.29 Å². The van der Waals surface area contributed by atoms with E-state index in [4.69, 9.17) is 4.74 Å². The normalized spacial score (nSPS) is 16.1. The molecule has 1 aliphatic heterocycles. The van der Waals surface area contributed by atoms with Gasteiger partial charge >= 0.3 is 0 Å². The van der Waals surface area contributed by atoms with Gasteiger partial charge in [-0.1, -0.05) is 43.3 Å². The SMILES string of the molecule is CCNCC1CCOc2c1c1ccccc1n2Sc1ccccc1.Cl. The first-order chi connectivity index (χ1) is 11.9.